The topological polar surface area (TPSA) is 55.8 Å². The van der Waals surface area contributed by atoms with E-state index in [1.54, 1.807) is 0 Å². The summed E-state index contributed by atoms with van der Waals surface area (Å²) in [5.74, 6) is 0.176. The van der Waals surface area contributed by atoms with Gasteiger partial charge in [-0.3, -0.25) is 4.79 Å². The van der Waals surface area contributed by atoms with Crippen molar-refractivity contribution in [1.29, 1.82) is 0 Å². The summed E-state index contributed by atoms with van der Waals surface area (Å²) in [5.41, 5.74) is 1.05. The van der Waals surface area contributed by atoms with E-state index >= 15 is 0 Å². The zero-order chi connectivity index (χ0) is 15.7. The Morgan fingerprint density at radius 2 is 1.73 bits per heavy atom. The number of carbonyl (C=O) groups is 1. The van der Waals surface area contributed by atoms with Gasteiger partial charge in [-0.2, -0.15) is 0 Å². The molecule has 0 saturated heterocycles. The maximum atomic E-state index is 12.8. The molecule has 2 aromatic carbocycles. The summed E-state index contributed by atoms with van der Waals surface area (Å²) < 4.78 is 11.3. The second-order valence-corrected chi connectivity index (χ2v) is 5.62. The fourth-order valence-corrected chi connectivity index (χ4v) is 3.27. The van der Waals surface area contributed by atoms with Crippen LogP contribution < -0.4 is 9.47 Å². The molecular formula is C17H14O4S. The number of hydrogen-bond donors (Lipinski definition) is 1. The van der Waals surface area contributed by atoms with Crippen molar-refractivity contribution in [3.8, 4) is 17.2 Å². The van der Waals surface area contributed by atoms with Crippen molar-refractivity contribution in [2.45, 2.75) is 0 Å². The standard InChI is InChI=1S/C17H14O4S/c1-20-13-7-10(8-14(21-2)17(13)19)16(18)12-9-22-15-6-4-3-5-11(12)15/h3-9,19H,1-2H3. The Morgan fingerprint density at radius 1 is 1.09 bits per heavy atom. The first-order valence-electron chi connectivity index (χ1n) is 6.61. The highest BCUT2D eigenvalue weighted by molar-refractivity contribution is 7.17. The molecule has 4 nitrogen and oxygen atoms in total. The number of phenols is 1. The average molecular weight is 314 g/mol. The van der Waals surface area contributed by atoms with Crippen molar-refractivity contribution >= 4 is 27.2 Å². The number of carbonyl (C=O) groups excluding carboxylic acids is 1. The van der Waals surface area contributed by atoms with Crippen LogP contribution in [-0.2, 0) is 0 Å². The molecule has 1 heterocycles. The summed E-state index contributed by atoms with van der Waals surface area (Å²) in [6.45, 7) is 0. The van der Waals surface area contributed by atoms with Crippen LogP contribution in [0.1, 0.15) is 15.9 Å². The van der Waals surface area contributed by atoms with Crippen LogP contribution in [0.15, 0.2) is 41.8 Å². The van der Waals surface area contributed by atoms with Gasteiger partial charge in [0.15, 0.2) is 17.3 Å². The van der Waals surface area contributed by atoms with Gasteiger partial charge in [-0.1, -0.05) is 18.2 Å². The predicted octanol–water partition coefficient (Wildman–Crippen LogP) is 3.86. The monoisotopic (exact) mass is 314 g/mol. The first-order chi connectivity index (χ1) is 10.7. The molecule has 0 spiro atoms. The van der Waals surface area contributed by atoms with Gasteiger partial charge in [0.1, 0.15) is 0 Å². The molecule has 112 valence electrons. The van der Waals surface area contributed by atoms with E-state index in [2.05, 4.69) is 0 Å². The average Bonchev–Trinajstić information content (AvgIpc) is 2.98. The molecular weight excluding hydrogens is 300 g/mol. The van der Waals surface area contributed by atoms with Crippen LogP contribution in [0.2, 0.25) is 0 Å². The number of fused-ring (bicyclic) bond motifs is 1. The minimum absolute atomic E-state index is 0.114. The van der Waals surface area contributed by atoms with E-state index in [1.165, 1.54) is 37.7 Å². The van der Waals surface area contributed by atoms with Gasteiger partial charge in [0.05, 0.1) is 14.2 Å². The minimum Gasteiger partial charge on any atom is -0.502 e. The first kappa shape index (κ1) is 14.4. The third-order valence-electron chi connectivity index (χ3n) is 3.47. The second-order valence-electron chi connectivity index (χ2n) is 4.70. The Morgan fingerprint density at radius 3 is 2.36 bits per heavy atom. The highest BCUT2D eigenvalue weighted by atomic mass is 32.1. The summed E-state index contributed by atoms with van der Waals surface area (Å²) in [7, 11) is 2.87. The maximum Gasteiger partial charge on any atom is 0.200 e. The van der Waals surface area contributed by atoms with Gasteiger partial charge in [-0.25, -0.2) is 0 Å². The zero-order valence-corrected chi connectivity index (χ0v) is 12.9. The van der Waals surface area contributed by atoms with Crippen molar-refractivity contribution in [1.82, 2.24) is 0 Å². The molecule has 0 aliphatic carbocycles. The molecule has 0 aliphatic heterocycles. The maximum absolute atomic E-state index is 12.8. The van der Waals surface area contributed by atoms with E-state index in [1.807, 2.05) is 29.6 Å². The second kappa shape index (κ2) is 5.69. The third kappa shape index (κ3) is 2.29. The lowest BCUT2D eigenvalue weighted by Gasteiger charge is -2.10. The van der Waals surface area contributed by atoms with Gasteiger partial charge in [0, 0.05) is 26.6 Å². The van der Waals surface area contributed by atoms with Gasteiger partial charge < -0.3 is 14.6 Å². The normalized spacial score (nSPS) is 10.6. The first-order valence-corrected chi connectivity index (χ1v) is 7.49. The molecule has 0 amide bonds. The van der Waals surface area contributed by atoms with Crippen molar-refractivity contribution in [3.05, 3.63) is 52.9 Å². The van der Waals surface area contributed by atoms with Gasteiger partial charge >= 0.3 is 0 Å². The molecule has 0 radical (unpaired) electrons. The number of methoxy groups -OCH3 is 2. The van der Waals surface area contributed by atoms with Crippen LogP contribution in [0.25, 0.3) is 10.1 Å². The van der Waals surface area contributed by atoms with Crippen molar-refractivity contribution in [2.24, 2.45) is 0 Å². The summed E-state index contributed by atoms with van der Waals surface area (Å²) in [4.78, 5) is 12.8. The number of aromatic hydroxyl groups is 1. The van der Waals surface area contributed by atoms with Gasteiger partial charge in [0.2, 0.25) is 5.75 Å². The molecule has 0 saturated carbocycles. The molecule has 22 heavy (non-hydrogen) atoms. The van der Waals surface area contributed by atoms with Crippen LogP contribution in [-0.4, -0.2) is 25.1 Å². The van der Waals surface area contributed by atoms with Crippen LogP contribution in [0, 0.1) is 0 Å². The van der Waals surface area contributed by atoms with E-state index in [4.69, 9.17) is 9.47 Å². The van der Waals surface area contributed by atoms with Crippen LogP contribution in [0.4, 0.5) is 0 Å². The summed E-state index contributed by atoms with van der Waals surface area (Å²) in [5, 5.41) is 12.7. The molecule has 1 N–H and O–H groups in total. The summed E-state index contributed by atoms with van der Waals surface area (Å²) in [6.07, 6.45) is 0. The molecule has 0 fully saturated rings. The molecule has 0 aliphatic rings. The zero-order valence-electron chi connectivity index (χ0n) is 12.1. The third-order valence-corrected chi connectivity index (χ3v) is 4.43. The molecule has 0 atom stereocenters. The Balaban J connectivity index is 2.12. The highest BCUT2D eigenvalue weighted by Gasteiger charge is 2.19. The molecule has 1 aromatic heterocycles. The van der Waals surface area contributed by atoms with E-state index in [0.717, 1.165) is 10.1 Å². The lowest BCUT2D eigenvalue weighted by Crippen LogP contribution is -2.02. The molecule has 3 rings (SSSR count). The van der Waals surface area contributed by atoms with Crippen LogP contribution in [0.3, 0.4) is 0 Å². The van der Waals surface area contributed by atoms with Crippen molar-refractivity contribution < 1.29 is 19.4 Å². The number of hydrogen-bond acceptors (Lipinski definition) is 5. The quantitative estimate of drug-likeness (QED) is 0.743. The molecule has 5 heteroatoms. The lowest BCUT2D eigenvalue weighted by atomic mass is 10.0. The molecule has 3 aromatic rings. The number of rotatable bonds is 4. The van der Waals surface area contributed by atoms with E-state index in [9.17, 15) is 9.90 Å². The van der Waals surface area contributed by atoms with Gasteiger partial charge in [-0.05, 0) is 18.2 Å². The number of ether oxygens (including phenoxy) is 2. The Kier molecular flexibility index (Phi) is 3.73. The smallest absolute Gasteiger partial charge is 0.200 e. The van der Waals surface area contributed by atoms with E-state index in [0.29, 0.717) is 11.1 Å². The molecule has 0 unspecified atom stereocenters. The largest absolute Gasteiger partial charge is 0.502 e. The number of ketones is 1. The SMILES string of the molecule is COc1cc(C(=O)c2csc3ccccc23)cc(OC)c1O. The van der Waals surface area contributed by atoms with Gasteiger partial charge in [0.25, 0.3) is 0 Å². The Labute approximate surface area is 131 Å². The minimum atomic E-state index is -0.131. The predicted molar refractivity (Wildman–Crippen MR) is 86.5 cm³/mol. The number of thiophene rings is 1. The molecule has 0 bridgehead atoms. The summed E-state index contributed by atoms with van der Waals surface area (Å²) in [6, 6.07) is 10.8. The number of benzene rings is 2. The summed E-state index contributed by atoms with van der Waals surface area (Å²) >= 11 is 1.53. The van der Waals surface area contributed by atoms with E-state index in [-0.39, 0.29) is 23.0 Å². The van der Waals surface area contributed by atoms with Crippen molar-refractivity contribution in [2.75, 3.05) is 14.2 Å². The number of phenolic OH excluding ortho intramolecular Hbond substituents is 1. The highest BCUT2D eigenvalue weighted by Crippen LogP contribution is 2.38. The van der Waals surface area contributed by atoms with Crippen LogP contribution >= 0.6 is 11.3 Å². The van der Waals surface area contributed by atoms with Gasteiger partial charge in [-0.15, -0.1) is 11.3 Å². The van der Waals surface area contributed by atoms with Crippen molar-refractivity contribution in [3.63, 3.8) is 0 Å². The van der Waals surface area contributed by atoms with Crippen LogP contribution in [0.5, 0.6) is 17.2 Å². The van der Waals surface area contributed by atoms with E-state index < -0.39 is 0 Å². The lowest BCUT2D eigenvalue weighted by molar-refractivity contribution is 0.104. The fraction of sp³-hybridized carbons (Fsp3) is 0.118. The Bertz CT molecular complexity index is 826. The fourth-order valence-electron chi connectivity index (χ4n) is 2.33. The Hall–Kier alpha value is -2.53.